The molecule has 0 saturated carbocycles. The van der Waals surface area contributed by atoms with Crippen LogP contribution in [0.15, 0.2) is 18.2 Å². The molecule has 102 valence electrons. The van der Waals surface area contributed by atoms with Crippen LogP contribution in [0, 0.1) is 17.2 Å². The Kier molecular flexibility index (Phi) is 3.56. The van der Waals surface area contributed by atoms with Gasteiger partial charge in [-0.15, -0.1) is 0 Å². The van der Waals surface area contributed by atoms with E-state index in [4.69, 9.17) is 11.0 Å². The molecule has 1 atom stereocenters. The summed E-state index contributed by atoms with van der Waals surface area (Å²) >= 11 is 0. The monoisotopic (exact) mass is 269 g/mol. The molecule has 2 rings (SSSR count). The van der Waals surface area contributed by atoms with Crippen molar-refractivity contribution in [3.63, 3.8) is 0 Å². The third-order valence-corrected chi connectivity index (χ3v) is 3.38. The normalized spacial score (nSPS) is 20.1. The first-order valence-corrected chi connectivity index (χ1v) is 6.03. The Labute approximate surface area is 109 Å². The largest absolute Gasteiger partial charge is 0.397 e. The van der Waals surface area contributed by atoms with Gasteiger partial charge in [-0.1, -0.05) is 0 Å². The highest BCUT2D eigenvalue weighted by atomic mass is 19.4. The number of nitriles is 1. The number of anilines is 2. The van der Waals surface area contributed by atoms with E-state index in [0.717, 1.165) is 0 Å². The lowest BCUT2D eigenvalue weighted by Gasteiger charge is -2.35. The fourth-order valence-corrected chi connectivity index (χ4v) is 2.38. The van der Waals surface area contributed by atoms with Crippen LogP contribution >= 0.6 is 0 Å². The summed E-state index contributed by atoms with van der Waals surface area (Å²) in [6, 6.07) is 6.64. The maximum absolute atomic E-state index is 12.7. The molecule has 3 nitrogen and oxygen atoms in total. The quantitative estimate of drug-likeness (QED) is 0.797. The molecule has 1 aliphatic rings. The summed E-state index contributed by atoms with van der Waals surface area (Å²) in [7, 11) is 0. The fraction of sp³-hybridized carbons (Fsp3) is 0.462. The van der Waals surface area contributed by atoms with Gasteiger partial charge in [0, 0.05) is 13.1 Å². The Balaban J connectivity index is 2.20. The predicted molar refractivity (Wildman–Crippen MR) is 66.6 cm³/mol. The average Bonchev–Trinajstić information content (AvgIpc) is 2.37. The zero-order valence-electron chi connectivity index (χ0n) is 10.2. The molecular formula is C13H14F3N3. The molecule has 2 N–H and O–H groups in total. The minimum Gasteiger partial charge on any atom is -0.397 e. The molecule has 0 aromatic heterocycles. The van der Waals surface area contributed by atoms with Crippen molar-refractivity contribution in [2.75, 3.05) is 23.7 Å². The Hall–Kier alpha value is -1.90. The maximum atomic E-state index is 12.7. The van der Waals surface area contributed by atoms with E-state index in [1.807, 2.05) is 6.07 Å². The van der Waals surface area contributed by atoms with Crippen LogP contribution in [-0.2, 0) is 0 Å². The molecule has 1 fully saturated rings. The molecule has 1 unspecified atom stereocenters. The number of rotatable bonds is 1. The molecule has 0 aliphatic carbocycles. The van der Waals surface area contributed by atoms with Crippen molar-refractivity contribution < 1.29 is 13.2 Å². The van der Waals surface area contributed by atoms with Crippen molar-refractivity contribution >= 4 is 11.4 Å². The van der Waals surface area contributed by atoms with Gasteiger partial charge in [-0.3, -0.25) is 0 Å². The average molecular weight is 269 g/mol. The Morgan fingerprint density at radius 3 is 2.68 bits per heavy atom. The zero-order valence-corrected chi connectivity index (χ0v) is 10.2. The molecule has 0 amide bonds. The number of halogens is 3. The van der Waals surface area contributed by atoms with Crippen LogP contribution in [0.2, 0.25) is 0 Å². The first-order chi connectivity index (χ1) is 8.91. The van der Waals surface area contributed by atoms with Gasteiger partial charge < -0.3 is 10.6 Å². The number of nitrogen functional groups attached to an aromatic ring is 1. The molecule has 1 saturated heterocycles. The minimum atomic E-state index is -4.17. The lowest BCUT2D eigenvalue weighted by atomic mass is 9.96. The van der Waals surface area contributed by atoms with Crippen molar-refractivity contribution in [2.24, 2.45) is 5.92 Å². The SMILES string of the molecule is N#Cc1ccc(N2CCCC(C(F)(F)F)C2)c(N)c1. The van der Waals surface area contributed by atoms with Gasteiger partial charge in [0.2, 0.25) is 0 Å². The molecule has 19 heavy (non-hydrogen) atoms. The molecule has 0 bridgehead atoms. The van der Waals surface area contributed by atoms with Gasteiger partial charge >= 0.3 is 6.18 Å². The van der Waals surface area contributed by atoms with Gasteiger partial charge in [-0.25, -0.2) is 0 Å². The lowest BCUT2D eigenvalue weighted by molar-refractivity contribution is -0.175. The summed E-state index contributed by atoms with van der Waals surface area (Å²) in [5.74, 6) is -1.31. The van der Waals surface area contributed by atoms with Crippen LogP contribution < -0.4 is 10.6 Å². The highest BCUT2D eigenvalue weighted by Gasteiger charge is 2.42. The van der Waals surface area contributed by atoms with E-state index in [2.05, 4.69) is 0 Å². The van der Waals surface area contributed by atoms with E-state index < -0.39 is 12.1 Å². The molecule has 1 aromatic rings. The Morgan fingerprint density at radius 2 is 2.11 bits per heavy atom. The topological polar surface area (TPSA) is 53.0 Å². The summed E-state index contributed by atoms with van der Waals surface area (Å²) in [5, 5.41) is 8.74. The fourth-order valence-electron chi connectivity index (χ4n) is 2.38. The highest BCUT2D eigenvalue weighted by molar-refractivity contribution is 5.69. The summed E-state index contributed by atoms with van der Waals surface area (Å²) in [5.41, 5.74) is 7.14. The lowest BCUT2D eigenvalue weighted by Crippen LogP contribution is -2.42. The third-order valence-electron chi connectivity index (χ3n) is 3.38. The van der Waals surface area contributed by atoms with Crippen LogP contribution in [-0.4, -0.2) is 19.3 Å². The molecule has 0 spiro atoms. The number of benzene rings is 1. The van der Waals surface area contributed by atoms with Crippen LogP contribution in [0.25, 0.3) is 0 Å². The van der Waals surface area contributed by atoms with Crippen molar-refractivity contribution in [3.05, 3.63) is 23.8 Å². The van der Waals surface area contributed by atoms with E-state index in [1.165, 1.54) is 6.07 Å². The number of hydrogen-bond donors (Lipinski definition) is 1. The van der Waals surface area contributed by atoms with Crippen LogP contribution in [0.4, 0.5) is 24.5 Å². The van der Waals surface area contributed by atoms with Crippen LogP contribution in [0.5, 0.6) is 0 Å². The number of nitrogens with two attached hydrogens (primary N) is 1. The molecule has 1 aliphatic heterocycles. The minimum absolute atomic E-state index is 0.0698. The predicted octanol–water partition coefficient (Wildman–Crippen LogP) is 2.92. The van der Waals surface area contributed by atoms with E-state index in [-0.39, 0.29) is 13.0 Å². The van der Waals surface area contributed by atoms with Crippen molar-refractivity contribution in [1.29, 1.82) is 5.26 Å². The van der Waals surface area contributed by atoms with Crippen molar-refractivity contribution in [2.45, 2.75) is 19.0 Å². The summed E-state index contributed by atoms with van der Waals surface area (Å²) in [4.78, 5) is 1.65. The van der Waals surface area contributed by atoms with E-state index in [9.17, 15) is 13.2 Å². The molecule has 6 heteroatoms. The molecule has 1 aromatic carbocycles. The summed E-state index contributed by atoms with van der Waals surface area (Å²) in [6.45, 7) is 0.488. The second-order valence-corrected chi connectivity index (χ2v) is 4.71. The van der Waals surface area contributed by atoms with Gasteiger partial charge in [-0.2, -0.15) is 18.4 Å². The number of nitrogens with zero attached hydrogens (tertiary/aromatic N) is 2. The zero-order chi connectivity index (χ0) is 14.0. The van der Waals surface area contributed by atoms with E-state index >= 15 is 0 Å². The van der Waals surface area contributed by atoms with Gasteiger partial charge in [0.15, 0.2) is 0 Å². The molecule has 1 heterocycles. The number of alkyl halides is 3. The standard InChI is InChI=1S/C13H14F3N3/c14-13(15,16)10-2-1-5-19(8-10)12-4-3-9(7-17)6-11(12)18/h3-4,6,10H,1-2,5,8,18H2. The number of hydrogen-bond acceptors (Lipinski definition) is 3. The highest BCUT2D eigenvalue weighted by Crippen LogP contribution is 2.36. The van der Waals surface area contributed by atoms with Crippen molar-refractivity contribution in [1.82, 2.24) is 0 Å². The van der Waals surface area contributed by atoms with Gasteiger partial charge in [0.05, 0.1) is 28.9 Å². The second-order valence-electron chi connectivity index (χ2n) is 4.71. The van der Waals surface area contributed by atoms with Gasteiger partial charge in [-0.05, 0) is 31.0 Å². The van der Waals surface area contributed by atoms with Crippen LogP contribution in [0.3, 0.4) is 0 Å². The summed E-state index contributed by atoms with van der Waals surface area (Å²) < 4.78 is 38.2. The number of piperidine rings is 1. The Morgan fingerprint density at radius 1 is 1.37 bits per heavy atom. The Bertz CT molecular complexity index is 505. The molecule has 0 radical (unpaired) electrons. The van der Waals surface area contributed by atoms with Gasteiger partial charge in [0.1, 0.15) is 0 Å². The third kappa shape index (κ3) is 2.92. The van der Waals surface area contributed by atoms with Gasteiger partial charge in [0.25, 0.3) is 0 Å². The first-order valence-electron chi connectivity index (χ1n) is 6.03. The van der Waals surface area contributed by atoms with E-state index in [1.54, 1.807) is 17.0 Å². The van der Waals surface area contributed by atoms with Crippen LogP contribution in [0.1, 0.15) is 18.4 Å². The van der Waals surface area contributed by atoms with E-state index in [0.29, 0.717) is 29.9 Å². The smallest absolute Gasteiger partial charge is 0.393 e. The second kappa shape index (κ2) is 5.00. The first kappa shape index (κ1) is 13.5. The summed E-state index contributed by atoms with van der Waals surface area (Å²) in [6.07, 6.45) is -3.51. The molecular weight excluding hydrogens is 255 g/mol. The maximum Gasteiger partial charge on any atom is 0.393 e. The van der Waals surface area contributed by atoms with Crippen molar-refractivity contribution in [3.8, 4) is 6.07 Å².